The van der Waals surface area contributed by atoms with Crippen LogP contribution >= 0.6 is 11.6 Å². The molecule has 1 unspecified atom stereocenters. The predicted octanol–water partition coefficient (Wildman–Crippen LogP) is 18.2. The van der Waals surface area contributed by atoms with Crippen LogP contribution in [0.4, 0.5) is 83.3 Å². The third kappa shape index (κ3) is 17.8. The molecule has 0 spiro atoms. The van der Waals surface area contributed by atoms with Gasteiger partial charge in [0.05, 0.1) is 38.8 Å². The van der Waals surface area contributed by atoms with E-state index in [2.05, 4.69) is 59.3 Å². The molecule has 20 nitrogen and oxygen atoms in total. The summed E-state index contributed by atoms with van der Waals surface area (Å²) < 4.78 is 231. The number of aliphatic hydroxyl groups is 1. The maximum Gasteiger partial charge on any atom is 0.586 e. The molecule has 0 radical (unpaired) electrons. The number of hydrogen-bond acceptors (Lipinski definition) is 17. The fourth-order valence-electron chi connectivity index (χ4n) is 13.0. The number of Topliss-reactive ketones (excluding diaryl/α,β-unsaturated/α-hetero) is 2. The van der Waals surface area contributed by atoms with Crippen molar-refractivity contribution in [2.75, 3.05) is 16.0 Å². The van der Waals surface area contributed by atoms with Crippen LogP contribution in [0.5, 0.6) is 34.5 Å². The molecule has 0 bridgehead atoms. The number of aryl methyl sites for hydroxylation is 3. The molecule has 7 heterocycles. The third-order valence-corrected chi connectivity index (χ3v) is 21.2. The van der Waals surface area contributed by atoms with Crippen molar-refractivity contribution < 1.29 is 133 Å². The molecule has 4 aliphatic heterocycles. The summed E-state index contributed by atoms with van der Waals surface area (Å²) in [5, 5.41) is 18.0. The number of carbonyl (C=O) groups is 5. The number of nitrogens with one attached hydrogen (secondary N) is 3. The number of carbonyl (C=O) groups excluding carboxylic acids is 5. The average Bonchev–Trinajstić information content (AvgIpc) is 1.60. The number of aliphatic hydroxyl groups excluding tert-OH is 1. The van der Waals surface area contributed by atoms with Gasteiger partial charge in [0.2, 0.25) is 17.7 Å². The highest BCUT2D eigenvalue weighted by Crippen LogP contribution is 2.56. The van der Waals surface area contributed by atoms with Crippen LogP contribution in [0.15, 0.2) is 164 Å². The Balaban J connectivity index is 0.000000140. The van der Waals surface area contributed by atoms with Gasteiger partial charge in [-0.3, -0.25) is 24.0 Å². The molecule has 1 atom stereocenters. The van der Waals surface area contributed by atoms with Crippen molar-refractivity contribution in [1.29, 1.82) is 0 Å². The molecule has 16 rings (SSSR count). The highest BCUT2D eigenvalue weighted by Gasteiger charge is 2.57. The molecule has 4 fully saturated rings. The van der Waals surface area contributed by atoms with Gasteiger partial charge in [0.25, 0.3) is 11.6 Å². The molecule has 3 aliphatic carbocycles. The van der Waals surface area contributed by atoms with Crippen LogP contribution < -0.4 is 49.8 Å². The van der Waals surface area contributed by atoms with E-state index in [-0.39, 0.29) is 69.4 Å². The standard InChI is InChI=1S/C25H19F5N2O4.C25H17F5N2O4.C17H13ClF2N2O3.C14H16BF3O3/c2*1-13-2-9-19(31-20(13)14-3-5-15(6-4-14)21(33)24(26,27)28)32-22(34)23(10-11-23)16-7-8-17-18(12-16)36-25(29,30)35-17;1-9-2-5-13(21-14(9)18)22-15(23)16(6-7-16)10-3-4-11-12(8-10)25-17(19,20)24-11;1-12(2)13(3,4)21-15(20-12)10-7-5-9(6-8-10)11(19)14(16,17)18/h2-9,12,21,33H,10-11H2,1H3,(H,31,32,34);2-9,12H,10-11H2,1H3,(H,31,32,34);2-5,8H,6-7H2,1H3,(H,21,22,23);5-8H,1-4H3. The van der Waals surface area contributed by atoms with E-state index in [0.29, 0.717) is 99.7 Å². The molecule has 7 aliphatic rings. The topological polar surface area (TPSA) is 254 Å². The zero-order valence-electron chi connectivity index (χ0n) is 62.6. The van der Waals surface area contributed by atoms with Gasteiger partial charge in [0.1, 0.15) is 22.6 Å². The summed E-state index contributed by atoms with van der Waals surface area (Å²) in [6.45, 7) is 12.8. The molecule has 3 aromatic heterocycles. The van der Waals surface area contributed by atoms with Gasteiger partial charge in [-0.15, -0.1) is 26.3 Å². The van der Waals surface area contributed by atoms with Crippen molar-refractivity contribution in [3.63, 3.8) is 0 Å². The van der Waals surface area contributed by atoms with Gasteiger partial charge >= 0.3 is 44.5 Å². The number of nitrogens with zero attached hydrogens (tertiary/aromatic N) is 3. The molecule has 9 aromatic rings. The smallest absolute Gasteiger partial charge is 0.399 e. The minimum Gasteiger partial charge on any atom is -0.399 e. The molecule has 3 saturated carbocycles. The predicted molar refractivity (Wildman–Crippen MR) is 393 cm³/mol. The van der Waals surface area contributed by atoms with E-state index < -0.39 is 101 Å². The van der Waals surface area contributed by atoms with Crippen LogP contribution in [0, 0.1) is 20.8 Å². The Labute approximate surface area is 665 Å². The first-order valence-corrected chi connectivity index (χ1v) is 36.2. The van der Waals surface area contributed by atoms with Crippen LogP contribution in [0.25, 0.3) is 22.5 Å². The number of alkyl halides is 15. The van der Waals surface area contributed by atoms with E-state index in [1.54, 1.807) is 62.4 Å². The summed E-state index contributed by atoms with van der Waals surface area (Å²) in [5.41, 5.74) is 1.29. The molecule has 618 valence electrons. The van der Waals surface area contributed by atoms with Crippen LogP contribution in [0.2, 0.25) is 5.15 Å². The molecule has 3 amide bonds. The Kier molecular flexibility index (Phi) is 21.8. The van der Waals surface area contributed by atoms with Crippen molar-refractivity contribution in [2.45, 2.75) is 158 Å². The summed E-state index contributed by atoms with van der Waals surface area (Å²) in [4.78, 5) is 74.6. The van der Waals surface area contributed by atoms with Gasteiger partial charge in [-0.05, 0) is 186 Å². The summed E-state index contributed by atoms with van der Waals surface area (Å²) in [6.07, 6.45) is -25.2. The summed E-state index contributed by atoms with van der Waals surface area (Å²) >= 11 is 5.97. The molecule has 37 heteroatoms. The highest BCUT2D eigenvalue weighted by molar-refractivity contribution is 6.62. The Bertz CT molecular complexity index is 5440. The monoisotopic (exact) mass is 1680 g/mol. The number of ether oxygens (including phenoxy) is 6. The lowest BCUT2D eigenvalue weighted by Gasteiger charge is -2.32. The van der Waals surface area contributed by atoms with E-state index in [9.17, 15) is 94.9 Å². The Morgan fingerprint density at radius 3 is 1.03 bits per heavy atom. The second kappa shape index (κ2) is 30.5. The molecular formula is C81H65BClF15N6O14. The highest BCUT2D eigenvalue weighted by atomic mass is 35.5. The Morgan fingerprint density at radius 1 is 0.415 bits per heavy atom. The lowest BCUT2D eigenvalue weighted by atomic mass is 9.78. The van der Waals surface area contributed by atoms with Crippen LogP contribution in [0.1, 0.15) is 132 Å². The minimum absolute atomic E-state index is 0.0445. The van der Waals surface area contributed by atoms with E-state index >= 15 is 0 Å². The first-order chi connectivity index (χ1) is 55.0. The molecule has 4 N–H and O–H groups in total. The number of anilines is 3. The van der Waals surface area contributed by atoms with Gasteiger partial charge in [-0.2, -0.15) is 39.5 Å². The molecule has 1 saturated heterocycles. The van der Waals surface area contributed by atoms with Crippen molar-refractivity contribution in [3.8, 4) is 57.0 Å². The number of fused-ring (bicyclic) bond motifs is 3. The largest absolute Gasteiger partial charge is 0.586 e. The van der Waals surface area contributed by atoms with Crippen molar-refractivity contribution in [2.24, 2.45) is 0 Å². The van der Waals surface area contributed by atoms with Crippen molar-refractivity contribution in [1.82, 2.24) is 15.0 Å². The van der Waals surface area contributed by atoms with E-state index in [0.717, 1.165) is 35.4 Å². The number of pyridine rings is 3. The lowest BCUT2D eigenvalue weighted by Crippen LogP contribution is -2.41. The zero-order chi connectivity index (χ0) is 85.6. The number of aromatic nitrogens is 3. The van der Waals surface area contributed by atoms with Crippen LogP contribution in [-0.4, -0.2) is 105 Å². The number of hydrogen-bond donors (Lipinski definition) is 4. The fraction of sp³-hybridized carbons (Fsp3) is 0.309. The molecule has 6 aromatic carbocycles. The number of amides is 3. The van der Waals surface area contributed by atoms with E-state index in [4.69, 9.17) is 20.9 Å². The quantitative estimate of drug-likeness (QED) is 0.0322. The van der Waals surface area contributed by atoms with Gasteiger partial charge in [-0.1, -0.05) is 121 Å². The van der Waals surface area contributed by atoms with Crippen LogP contribution in [-0.2, 0) is 39.9 Å². The normalized spacial score (nSPS) is 18.3. The van der Waals surface area contributed by atoms with E-state index in [1.165, 1.54) is 91.0 Å². The maximum atomic E-state index is 13.4. The number of ketones is 2. The molecular weight excluding hydrogens is 1610 g/mol. The second-order valence-electron chi connectivity index (χ2n) is 29.6. The van der Waals surface area contributed by atoms with Gasteiger partial charge in [0.15, 0.2) is 40.6 Å². The average molecular weight is 1680 g/mol. The summed E-state index contributed by atoms with van der Waals surface area (Å²) in [5.74, 6) is -4.70. The van der Waals surface area contributed by atoms with Gasteiger partial charge in [-0.25, -0.2) is 15.0 Å². The minimum atomic E-state index is -4.97. The summed E-state index contributed by atoms with van der Waals surface area (Å²) in [7, 11) is -0.662. The Hall–Kier alpha value is -11.5. The number of benzene rings is 6. The SMILES string of the molecule is CC1(C)OB(c2ccc(C(=O)C(F)(F)F)cc2)OC1(C)C.Cc1ccc(NC(=O)C2(c3ccc4c(c3)OC(F)(F)O4)CC2)nc1-c1ccc(C(=O)C(F)(F)F)cc1.Cc1ccc(NC(=O)C2(c3ccc4c(c3)OC(F)(F)O4)CC2)nc1-c1ccc(C(O)C(F)(F)F)cc1.Cc1ccc(NC(=O)C2(c3ccc4c(c3)OC(F)(F)O4)CC2)nc1Cl. The zero-order valence-corrected chi connectivity index (χ0v) is 63.4. The summed E-state index contributed by atoms with van der Waals surface area (Å²) in [6, 6.07) is 38.0. The first kappa shape index (κ1) is 84.4. The van der Waals surface area contributed by atoms with Crippen LogP contribution in [0.3, 0.4) is 0 Å². The first-order valence-electron chi connectivity index (χ1n) is 35.9. The van der Waals surface area contributed by atoms with Crippen molar-refractivity contribution >= 4 is 70.9 Å². The molecule has 118 heavy (non-hydrogen) atoms. The fourth-order valence-corrected chi connectivity index (χ4v) is 13.2. The second-order valence-corrected chi connectivity index (χ2v) is 30.0. The number of halogens is 16. The van der Waals surface area contributed by atoms with Gasteiger partial charge < -0.3 is 58.8 Å². The van der Waals surface area contributed by atoms with Crippen molar-refractivity contribution in [3.05, 3.63) is 219 Å². The number of rotatable bonds is 15. The third-order valence-electron chi connectivity index (χ3n) is 20.8. The lowest BCUT2D eigenvalue weighted by molar-refractivity contribution is -0.287. The maximum absolute atomic E-state index is 13.4. The van der Waals surface area contributed by atoms with E-state index in [1.807, 2.05) is 34.6 Å². The Morgan fingerprint density at radius 2 is 0.720 bits per heavy atom. The van der Waals surface area contributed by atoms with Gasteiger partial charge in [0, 0.05) is 22.3 Å².